The smallest absolute Gasteiger partial charge is 0.274 e. The molecule has 0 fully saturated rings. The Bertz CT molecular complexity index is 723. The molecule has 21 heavy (non-hydrogen) atoms. The Morgan fingerprint density at radius 2 is 1.86 bits per heavy atom. The molecule has 7 nitrogen and oxygen atoms in total. The van der Waals surface area contributed by atoms with Crippen molar-refractivity contribution >= 4 is 10.0 Å². The van der Waals surface area contributed by atoms with Gasteiger partial charge >= 0.3 is 0 Å². The lowest BCUT2D eigenvalue weighted by atomic mass is 10.0. The number of sulfonamides is 1. The van der Waals surface area contributed by atoms with Crippen molar-refractivity contribution < 1.29 is 13.2 Å². The summed E-state index contributed by atoms with van der Waals surface area (Å²) in [7, 11) is -2.39. The molecule has 1 aromatic carbocycles. The van der Waals surface area contributed by atoms with Crippen LogP contribution in [0.15, 0.2) is 35.5 Å². The Kier molecular flexibility index (Phi) is 4.13. The Hall–Kier alpha value is -1.77. The van der Waals surface area contributed by atoms with Crippen molar-refractivity contribution in [1.29, 1.82) is 0 Å². The van der Waals surface area contributed by atoms with Crippen molar-refractivity contribution in [1.82, 2.24) is 14.8 Å². The molecule has 0 saturated carbocycles. The first kappa shape index (κ1) is 15.6. The Morgan fingerprint density at radius 3 is 2.38 bits per heavy atom. The van der Waals surface area contributed by atoms with Crippen LogP contribution in [0.25, 0.3) is 5.69 Å². The Labute approximate surface area is 123 Å². The van der Waals surface area contributed by atoms with Crippen LogP contribution in [0.5, 0.6) is 0 Å². The van der Waals surface area contributed by atoms with E-state index < -0.39 is 15.6 Å². The molecule has 0 aliphatic carbocycles. The van der Waals surface area contributed by atoms with Crippen LogP contribution in [0.3, 0.4) is 0 Å². The fraction of sp³-hybridized carbons (Fsp3) is 0.385. The molecule has 0 radical (unpaired) electrons. The lowest BCUT2D eigenvalue weighted by Gasteiger charge is -2.22. The maximum Gasteiger partial charge on any atom is 0.274 e. The van der Waals surface area contributed by atoms with Crippen LogP contribution in [0, 0.1) is 0 Å². The quantitative estimate of drug-likeness (QED) is 0.883. The maximum absolute atomic E-state index is 11.7. The highest BCUT2D eigenvalue weighted by atomic mass is 32.2. The molecule has 1 aromatic heterocycles. The van der Waals surface area contributed by atoms with Crippen LogP contribution in [0.2, 0.25) is 0 Å². The van der Waals surface area contributed by atoms with Crippen molar-refractivity contribution in [3.05, 3.63) is 36.2 Å². The van der Waals surface area contributed by atoms with Crippen molar-refractivity contribution in [2.45, 2.75) is 31.0 Å². The third kappa shape index (κ3) is 3.46. The van der Waals surface area contributed by atoms with Crippen LogP contribution in [-0.2, 0) is 21.2 Å². The molecular formula is C13H18N4O3S. The minimum absolute atomic E-state index is 0.282. The molecule has 0 saturated heterocycles. The number of nitrogens with two attached hydrogens (primary N) is 1. The van der Waals surface area contributed by atoms with Crippen molar-refractivity contribution in [3.63, 3.8) is 0 Å². The van der Waals surface area contributed by atoms with Gasteiger partial charge in [0.05, 0.1) is 5.60 Å². The Morgan fingerprint density at radius 1 is 1.24 bits per heavy atom. The summed E-state index contributed by atoms with van der Waals surface area (Å²) >= 11 is 0. The molecule has 0 amide bonds. The molecule has 1 heterocycles. The number of aromatic nitrogens is 3. The zero-order chi connectivity index (χ0) is 15.7. The van der Waals surface area contributed by atoms with E-state index in [0.29, 0.717) is 17.9 Å². The van der Waals surface area contributed by atoms with Gasteiger partial charge in [-0.1, -0.05) is 18.2 Å². The first-order valence-electron chi connectivity index (χ1n) is 6.32. The summed E-state index contributed by atoms with van der Waals surface area (Å²) in [6.07, 6.45) is 0.390. The second-order valence-corrected chi connectivity index (χ2v) is 6.71. The second kappa shape index (κ2) is 5.55. The molecule has 0 aliphatic heterocycles. The molecule has 0 atom stereocenters. The van der Waals surface area contributed by atoms with E-state index in [-0.39, 0.29) is 5.16 Å². The summed E-state index contributed by atoms with van der Waals surface area (Å²) in [5.41, 5.74) is 0.128. The monoisotopic (exact) mass is 310 g/mol. The molecule has 0 unspecified atom stereocenters. The van der Waals surface area contributed by atoms with E-state index in [1.807, 2.05) is 19.9 Å². The summed E-state index contributed by atoms with van der Waals surface area (Å²) in [5, 5.41) is 12.6. The van der Waals surface area contributed by atoms with Crippen molar-refractivity contribution in [2.24, 2.45) is 5.14 Å². The number of ether oxygens (including phenoxy) is 1. The highest BCUT2D eigenvalue weighted by molar-refractivity contribution is 7.89. The van der Waals surface area contributed by atoms with Gasteiger partial charge in [-0.15, -0.1) is 10.2 Å². The van der Waals surface area contributed by atoms with Gasteiger partial charge in [0.25, 0.3) is 15.2 Å². The van der Waals surface area contributed by atoms with E-state index in [1.54, 1.807) is 31.4 Å². The number of methoxy groups -OCH3 is 1. The second-order valence-electron chi connectivity index (χ2n) is 5.26. The average Bonchev–Trinajstić information content (AvgIpc) is 2.82. The number of primary sulfonamides is 1. The normalized spacial score (nSPS) is 12.6. The first-order chi connectivity index (χ1) is 9.74. The molecule has 2 N–H and O–H groups in total. The zero-order valence-electron chi connectivity index (χ0n) is 12.1. The first-order valence-corrected chi connectivity index (χ1v) is 7.87. The SMILES string of the molecule is COC(C)(C)Cc1nnc(S(N)(=O)=O)n1-c1ccccc1. The minimum Gasteiger partial charge on any atom is -0.378 e. The molecule has 0 bridgehead atoms. The number of hydrogen-bond donors (Lipinski definition) is 1. The van der Waals surface area contributed by atoms with Gasteiger partial charge in [0.15, 0.2) is 0 Å². The van der Waals surface area contributed by atoms with Gasteiger partial charge in [-0.3, -0.25) is 4.57 Å². The summed E-state index contributed by atoms with van der Waals surface area (Å²) in [4.78, 5) is 0. The predicted molar refractivity (Wildman–Crippen MR) is 77.5 cm³/mol. The van der Waals surface area contributed by atoms with Gasteiger partial charge in [-0.05, 0) is 26.0 Å². The average molecular weight is 310 g/mol. The van der Waals surface area contributed by atoms with Gasteiger partial charge < -0.3 is 4.74 Å². The van der Waals surface area contributed by atoms with Crippen LogP contribution in [0.4, 0.5) is 0 Å². The topological polar surface area (TPSA) is 100 Å². The lowest BCUT2D eigenvalue weighted by Crippen LogP contribution is -2.28. The lowest BCUT2D eigenvalue weighted by molar-refractivity contribution is 0.0211. The van der Waals surface area contributed by atoms with E-state index in [0.717, 1.165) is 0 Å². The summed E-state index contributed by atoms with van der Waals surface area (Å²) in [6.45, 7) is 3.77. The van der Waals surface area contributed by atoms with Gasteiger partial charge in [0, 0.05) is 19.2 Å². The minimum atomic E-state index is -3.97. The molecular weight excluding hydrogens is 292 g/mol. The van der Waals surface area contributed by atoms with Crippen molar-refractivity contribution in [3.8, 4) is 5.69 Å². The zero-order valence-corrected chi connectivity index (χ0v) is 13.0. The standard InChI is InChI=1S/C13H18N4O3S/c1-13(2,20-3)9-11-15-16-12(21(14,18)19)17(11)10-7-5-4-6-8-10/h4-8H,9H2,1-3H3,(H2,14,18,19). The summed E-state index contributed by atoms with van der Waals surface area (Å²) < 4.78 is 30.2. The van der Waals surface area contributed by atoms with Gasteiger partial charge in [0.1, 0.15) is 5.82 Å². The molecule has 0 aliphatic rings. The van der Waals surface area contributed by atoms with Crippen LogP contribution in [0.1, 0.15) is 19.7 Å². The number of para-hydroxylation sites is 1. The molecule has 114 valence electrons. The van der Waals surface area contributed by atoms with Gasteiger partial charge in [0.2, 0.25) is 0 Å². The number of benzene rings is 1. The van der Waals surface area contributed by atoms with E-state index in [4.69, 9.17) is 9.88 Å². The van der Waals surface area contributed by atoms with E-state index >= 15 is 0 Å². The van der Waals surface area contributed by atoms with Crippen LogP contribution >= 0.6 is 0 Å². The summed E-state index contributed by atoms with van der Waals surface area (Å²) in [6, 6.07) is 8.97. The molecule has 2 aromatic rings. The Balaban J connectivity index is 2.61. The number of hydrogen-bond acceptors (Lipinski definition) is 5. The van der Waals surface area contributed by atoms with Gasteiger partial charge in [-0.25, -0.2) is 13.6 Å². The number of rotatable bonds is 5. The van der Waals surface area contributed by atoms with E-state index in [2.05, 4.69) is 10.2 Å². The van der Waals surface area contributed by atoms with Crippen LogP contribution < -0.4 is 5.14 Å². The highest BCUT2D eigenvalue weighted by Crippen LogP contribution is 2.21. The van der Waals surface area contributed by atoms with E-state index in [9.17, 15) is 8.42 Å². The third-order valence-electron chi connectivity index (χ3n) is 3.11. The van der Waals surface area contributed by atoms with Crippen LogP contribution in [-0.4, -0.2) is 35.9 Å². The molecule has 0 spiro atoms. The summed E-state index contributed by atoms with van der Waals surface area (Å²) in [5.74, 6) is 0.470. The highest BCUT2D eigenvalue weighted by Gasteiger charge is 2.27. The van der Waals surface area contributed by atoms with Crippen molar-refractivity contribution in [2.75, 3.05) is 7.11 Å². The molecule has 8 heteroatoms. The number of nitrogens with zero attached hydrogens (tertiary/aromatic N) is 3. The third-order valence-corrected chi connectivity index (χ3v) is 3.88. The van der Waals surface area contributed by atoms with E-state index in [1.165, 1.54) is 4.57 Å². The van der Waals surface area contributed by atoms with Gasteiger partial charge in [-0.2, -0.15) is 0 Å². The fourth-order valence-electron chi connectivity index (χ4n) is 1.89. The largest absolute Gasteiger partial charge is 0.378 e. The fourth-order valence-corrected chi connectivity index (χ4v) is 2.51. The predicted octanol–water partition coefficient (Wildman–Crippen LogP) is 0.882. The maximum atomic E-state index is 11.7. The molecule has 2 rings (SSSR count).